The Morgan fingerprint density at radius 3 is 2.66 bits per heavy atom. The van der Waals surface area contributed by atoms with Gasteiger partial charge in [0, 0.05) is 38.7 Å². The first kappa shape index (κ1) is 19.6. The summed E-state index contributed by atoms with van der Waals surface area (Å²) in [7, 11) is 0. The van der Waals surface area contributed by atoms with Gasteiger partial charge in [-0.25, -0.2) is 0 Å². The van der Waals surface area contributed by atoms with Crippen LogP contribution in [0.1, 0.15) is 60.3 Å². The molecule has 0 radical (unpaired) electrons. The van der Waals surface area contributed by atoms with Gasteiger partial charge in [0.05, 0.1) is 19.2 Å². The van der Waals surface area contributed by atoms with E-state index in [2.05, 4.69) is 14.8 Å². The Morgan fingerprint density at radius 1 is 1.14 bits per heavy atom. The molecule has 0 saturated carbocycles. The number of nitrogens with zero attached hydrogens (tertiary/aromatic N) is 5. The second-order valence-corrected chi connectivity index (χ2v) is 7.56. The van der Waals surface area contributed by atoms with E-state index in [-0.39, 0.29) is 17.9 Å². The predicted octanol–water partition coefficient (Wildman–Crippen LogP) is 2.15. The molecule has 8 heteroatoms. The van der Waals surface area contributed by atoms with Gasteiger partial charge in [-0.15, -0.1) is 10.2 Å². The first-order chi connectivity index (χ1) is 14.1. The Hall–Kier alpha value is -2.74. The van der Waals surface area contributed by atoms with Gasteiger partial charge >= 0.3 is 0 Å². The molecule has 3 heterocycles. The van der Waals surface area contributed by atoms with Crippen LogP contribution in [0.2, 0.25) is 0 Å². The number of carbonyl (C=O) groups excluding carboxylic acids is 2. The first-order valence-corrected chi connectivity index (χ1v) is 10.2. The third kappa shape index (κ3) is 3.89. The maximum absolute atomic E-state index is 12.9. The zero-order valence-corrected chi connectivity index (χ0v) is 17.0. The molecule has 2 aliphatic rings. The van der Waals surface area contributed by atoms with Crippen LogP contribution in [0.4, 0.5) is 0 Å². The van der Waals surface area contributed by atoms with Crippen LogP contribution in [0.5, 0.6) is 0 Å². The second-order valence-electron chi connectivity index (χ2n) is 7.56. The van der Waals surface area contributed by atoms with E-state index in [1.165, 1.54) is 0 Å². The fourth-order valence-corrected chi connectivity index (χ4v) is 4.16. The van der Waals surface area contributed by atoms with Crippen molar-refractivity contribution < 1.29 is 14.3 Å². The summed E-state index contributed by atoms with van der Waals surface area (Å²) in [6.45, 7) is 7.24. The summed E-state index contributed by atoms with van der Waals surface area (Å²) in [6, 6.07) is 7.57. The Balaban J connectivity index is 1.46. The normalized spacial score (nSPS) is 18.8. The maximum atomic E-state index is 12.9. The predicted molar refractivity (Wildman–Crippen MR) is 106 cm³/mol. The van der Waals surface area contributed by atoms with Crippen LogP contribution < -0.4 is 0 Å². The van der Waals surface area contributed by atoms with Crippen molar-refractivity contribution in [3.05, 3.63) is 47.0 Å². The Morgan fingerprint density at radius 2 is 1.93 bits per heavy atom. The number of likely N-dealkylation sites (tertiary alicyclic amines) is 1. The van der Waals surface area contributed by atoms with Crippen molar-refractivity contribution in [2.75, 3.05) is 19.7 Å². The molecule has 0 bridgehead atoms. The monoisotopic (exact) mass is 397 g/mol. The van der Waals surface area contributed by atoms with Crippen LogP contribution in [-0.2, 0) is 29.2 Å². The molecule has 2 aliphatic heterocycles. The number of hydrogen-bond acceptors (Lipinski definition) is 5. The largest absolute Gasteiger partial charge is 0.377 e. The van der Waals surface area contributed by atoms with Gasteiger partial charge in [-0.3, -0.25) is 9.59 Å². The lowest BCUT2D eigenvalue weighted by Crippen LogP contribution is -2.39. The summed E-state index contributed by atoms with van der Waals surface area (Å²) in [5.41, 5.74) is 1.72. The van der Waals surface area contributed by atoms with Crippen LogP contribution in [0, 0.1) is 0 Å². The topological polar surface area (TPSA) is 80.6 Å². The number of amides is 2. The van der Waals surface area contributed by atoms with Crippen LogP contribution in [-0.4, -0.2) is 56.1 Å². The average Bonchev–Trinajstić information content (AvgIpc) is 3.38. The van der Waals surface area contributed by atoms with Gasteiger partial charge in [0.25, 0.3) is 5.91 Å². The van der Waals surface area contributed by atoms with E-state index < -0.39 is 0 Å². The minimum absolute atomic E-state index is 0.00464. The SMILES string of the molecule is CCOCc1ccc(C(=O)N2CCn3c(nnc3[C@H]3CCCN3C(C)=O)C2)cc1. The second kappa shape index (κ2) is 8.32. The molecular formula is C21H27N5O3. The van der Waals surface area contributed by atoms with Crippen LogP contribution >= 0.6 is 0 Å². The fourth-order valence-electron chi connectivity index (χ4n) is 4.16. The molecule has 2 amide bonds. The highest BCUT2D eigenvalue weighted by Crippen LogP contribution is 2.32. The van der Waals surface area contributed by atoms with E-state index in [4.69, 9.17) is 4.74 Å². The van der Waals surface area contributed by atoms with E-state index in [0.717, 1.165) is 36.6 Å². The van der Waals surface area contributed by atoms with Crippen molar-refractivity contribution in [2.45, 2.75) is 52.4 Å². The van der Waals surface area contributed by atoms with E-state index in [1.807, 2.05) is 41.0 Å². The number of benzene rings is 1. The van der Waals surface area contributed by atoms with Crippen LogP contribution in [0.3, 0.4) is 0 Å². The number of ether oxygens (including phenoxy) is 1. The van der Waals surface area contributed by atoms with Gasteiger partial charge in [-0.05, 0) is 37.5 Å². The molecule has 1 aromatic heterocycles. The Bertz CT molecular complexity index is 892. The van der Waals surface area contributed by atoms with Gasteiger partial charge < -0.3 is 19.1 Å². The number of fused-ring (bicyclic) bond motifs is 1. The van der Waals surface area contributed by atoms with Crippen molar-refractivity contribution in [1.29, 1.82) is 0 Å². The van der Waals surface area contributed by atoms with Gasteiger partial charge in [-0.1, -0.05) is 12.1 Å². The number of carbonyl (C=O) groups is 2. The minimum Gasteiger partial charge on any atom is -0.377 e. The lowest BCUT2D eigenvalue weighted by Gasteiger charge is -2.30. The van der Waals surface area contributed by atoms with Crippen LogP contribution in [0.15, 0.2) is 24.3 Å². The molecule has 0 aliphatic carbocycles. The molecular weight excluding hydrogens is 370 g/mol. The Labute approximate surface area is 170 Å². The minimum atomic E-state index is -0.00566. The summed E-state index contributed by atoms with van der Waals surface area (Å²) in [5, 5.41) is 8.72. The van der Waals surface area contributed by atoms with Gasteiger partial charge in [0.2, 0.25) is 5.91 Å². The number of hydrogen-bond donors (Lipinski definition) is 0. The quantitative estimate of drug-likeness (QED) is 0.772. The van der Waals surface area contributed by atoms with E-state index in [9.17, 15) is 9.59 Å². The van der Waals surface area contributed by atoms with Crippen molar-refractivity contribution in [2.24, 2.45) is 0 Å². The highest BCUT2D eigenvalue weighted by Gasteiger charge is 2.34. The highest BCUT2D eigenvalue weighted by molar-refractivity contribution is 5.94. The van der Waals surface area contributed by atoms with E-state index >= 15 is 0 Å². The van der Waals surface area contributed by atoms with Gasteiger partial charge in [-0.2, -0.15) is 0 Å². The summed E-state index contributed by atoms with van der Waals surface area (Å²) in [4.78, 5) is 28.5. The fraction of sp³-hybridized carbons (Fsp3) is 0.524. The van der Waals surface area contributed by atoms with E-state index in [1.54, 1.807) is 6.92 Å². The third-order valence-corrected chi connectivity index (χ3v) is 5.70. The van der Waals surface area contributed by atoms with Crippen molar-refractivity contribution >= 4 is 11.8 Å². The molecule has 0 unspecified atom stereocenters. The number of aromatic nitrogens is 3. The molecule has 154 valence electrons. The van der Waals surface area contributed by atoms with Crippen molar-refractivity contribution in [3.8, 4) is 0 Å². The van der Waals surface area contributed by atoms with Crippen LogP contribution in [0.25, 0.3) is 0 Å². The maximum Gasteiger partial charge on any atom is 0.254 e. The summed E-state index contributed by atoms with van der Waals surface area (Å²) >= 11 is 0. The smallest absolute Gasteiger partial charge is 0.254 e. The highest BCUT2D eigenvalue weighted by atomic mass is 16.5. The summed E-state index contributed by atoms with van der Waals surface area (Å²) < 4.78 is 7.49. The molecule has 1 saturated heterocycles. The molecule has 2 aromatic rings. The molecule has 1 atom stereocenters. The summed E-state index contributed by atoms with van der Waals surface area (Å²) in [5.74, 6) is 1.70. The molecule has 0 spiro atoms. The average molecular weight is 397 g/mol. The molecule has 1 fully saturated rings. The third-order valence-electron chi connectivity index (χ3n) is 5.70. The first-order valence-electron chi connectivity index (χ1n) is 10.2. The molecule has 0 N–H and O–H groups in total. The molecule has 29 heavy (non-hydrogen) atoms. The zero-order chi connectivity index (χ0) is 20.4. The molecule has 1 aromatic carbocycles. The number of rotatable bonds is 5. The van der Waals surface area contributed by atoms with Gasteiger partial charge in [0.1, 0.15) is 0 Å². The lowest BCUT2D eigenvalue weighted by atomic mass is 10.1. The van der Waals surface area contributed by atoms with E-state index in [0.29, 0.717) is 38.4 Å². The van der Waals surface area contributed by atoms with Crippen molar-refractivity contribution in [1.82, 2.24) is 24.6 Å². The van der Waals surface area contributed by atoms with Crippen molar-refractivity contribution in [3.63, 3.8) is 0 Å². The lowest BCUT2D eigenvalue weighted by molar-refractivity contribution is -0.129. The van der Waals surface area contributed by atoms with Gasteiger partial charge in [0.15, 0.2) is 11.6 Å². The standard InChI is InChI=1S/C21H27N5O3/c1-3-29-14-16-6-8-17(9-7-16)21(28)24-11-12-26-19(13-24)22-23-20(26)18-5-4-10-25(18)15(2)27/h6-9,18H,3-5,10-14H2,1-2H3/t18-/m1/s1. The zero-order valence-electron chi connectivity index (χ0n) is 17.0. The summed E-state index contributed by atoms with van der Waals surface area (Å²) in [6.07, 6.45) is 1.89. The Kier molecular flexibility index (Phi) is 5.62. The molecule has 4 rings (SSSR count). The molecule has 8 nitrogen and oxygen atoms in total.